The minimum absolute atomic E-state index is 0.0492. The third kappa shape index (κ3) is 4.75. The van der Waals surface area contributed by atoms with E-state index in [1.54, 1.807) is 52.3 Å². The van der Waals surface area contributed by atoms with Crippen molar-refractivity contribution in [3.8, 4) is 11.4 Å². The van der Waals surface area contributed by atoms with Crippen LogP contribution < -0.4 is 11.0 Å². The lowest BCUT2D eigenvalue weighted by Crippen LogP contribution is -2.23. The number of fused-ring (bicyclic) bond motifs is 3. The summed E-state index contributed by atoms with van der Waals surface area (Å²) in [6.45, 7) is 1.83. The first-order chi connectivity index (χ1) is 16.8. The van der Waals surface area contributed by atoms with Crippen molar-refractivity contribution in [2.45, 2.75) is 32.6 Å². The molecule has 10 heteroatoms. The number of phenolic OH excluding ortho intramolecular Hbond substituents is 1. The maximum atomic E-state index is 13.5. The van der Waals surface area contributed by atoms with Crippen LogP contribution in [-0.4, -0.2) is 26.8 Å². The Morgan fingerprint density at radius 2 is 1.86 bits per heavy atom. The van der Waals surface area contributed by atoms with Gasteiger partial charge in [-0.05, 0) is 125 Å². The second-order valence-electron chi connectivity index (χ2n) is 8.27. The minimum atomic E-state index is -0.361. The molecule has 2 aromatic carbocycles. The lowest BCUT2D eigenvalue weighted by Gasteiger charge is -2.12. The second kappa shape index (κ2) is 9.97. The van der Waals surface area contributed by atoms with E-state index in [1.165, 1.54) is 11.1 Å². The van der Waals surface area contributed by atoms with Gasteiger partial charge in [0.05, 0.1) is 24.4 Å². The molecular weight excluding hydrogens is 690 g/mol. The van der Waals surface area contributed by atoms with Crippen molar-refractivity contribution in [1.82, 2.24) is 15.0 Å². The molecule has 35 heavy (non-hydrogen) atoms. The van der Waals surface area contributed by atoms with Gasteiger partial charge in [-0.25, -0.2) is 10.4 Å². The third-order valence-corrected chi connectivity index (χ3v) is 8.79. The molecule has 0 radical (unpaired) electrons. The summed E-state index contributed by atoms with van der Waals surface area (Å²) in [6, 6.07) is 10.4. The number of carbonyl (C=O) groups excluding carboxylic acids is 1. The van der Waals surface area contributed by atoms with E-state index < -0.39 is 0 Å². The molecule has 0 spiro atoms. The molecule has 1 aliphatic carbocycles. The Hall–Kier alpha value is -2.32. The van der Waals surface area contributed by atoms with Gasteiger partial charge in [0.15, 0.2) is 0 Å². The van der Waals surface area contributed by atoms with Crippen molar-refractivity contribution >= 4 is 78.9 Å². The molecule has 5 rings (SSSR count). The van der Waals surface area contributed by atoms with E-state index in [4.69, 9.17) is 4.98 Å². The van der Waals surface area contributed by atoms with Crippen LogP contribution >= 0.6 is 56.5 Å². The summed E-state index contributed by atoms with van der Waals surface area (Å²) in [6.07, 6.45) is 5.74. The molecule has 0 saturated heterocycles. The normalized spacial score (nSPS) is 13.3. The number of hydrazone groups is 1. The summed E-state index contributed by atoms with van der Waals surface area (Å²) in [5.74, 6) is 0.497. The average Bonchev–Trinajstić information content (AvgIpc) is 3.21. The van der Waals surface area contributed by atoms with E-state index in [1.807, 2.05) is 52.1 Å². The van der Waals surface area contributed by atoms with E-state index in [-0.39, 0.29) is 17.2 Å². The van der Waals surface area contributed by atoms with Crippen LogP contribution in [0.15, 0.2) is 46.3 Å². The van der Waals surface area contributed by atoms with E-state index in [9.17, 15) is 14.7 Å². The molecule has 178 valence electrons. The zero-order valence-electron chi connectivity index (χ0n) is 18.6. The van der Waals surface area contributed by atoms with Crippen LogP contribution in [0.25, 0.3) is 15.9 Å². The molecule has 0 aliphatic heterocycles. The van der Waals surface area contributed by atoms with Crippen LogP contribution in [-0.2, 0) is 12.8 Å². The van der Waals surface area contributed by atoms with Gasteiger partial charge in [-0.3, -0.25) is 14.2 Å². The lowest BCUT2D eigenvalue weighted by atomic mass is 9.97. The Balaban J connectivity index is 1.38. The maximum Gasteiger partial charge on any atom is 0.271 e. The smallest absolute Gasteiger partial charge is 0.271 e. The number of nitrogens with one attached hydrogen (secondary N) is 1. The van der Waals surface area contributed by atoms with Crippen LogP contribution in [0.5, 0.6) is 5.75 Å². The number of amides is 1. The highest BCUT2D eigenvalue weighted by Gasteiger charge is 2.21. The van der Waals surface area contributed by atoms with Crippen LogP contribution in [0.4, 0.5) is 0 Å². The van der Waals surface area contributed by atoms with Gasteiger partial charge in [-0.2, -0.15) is 5.10 Å². The number of phenols is 1. The van der Waals surface area contributed by atoms with Gasteiger partial charge in [-0.1, -0.05) is 0 Å². The predicted molar refractivity (Wildman–Crippen MR) is 155 cm³/mol. The summed E-state index contributed by atoms with van der Waals surface area (Å²) in [7, 11) is 0. The fraction of sp³-hybridized carbons (Fsp3) is 0.200. The molecule has 2 heterocycles. The molecule has 2 N–H and O–H groups in total. The Labute approximate surface area is 232 Å². The minimum Gasteiger partial charge on any atom is -0.506 e. The molecular formula is C25H20I2N4O3S. The molecule has 0 fully saturated rings. The van der Waals surface area contributed by atoms with E-state index >= 15 is 0 Å². The fourth-order valence-electron chi connectivity index (χ4n) is 4.26. The first kappa shape index (κ1) is 24.4. The van der Waals surface area contributed by atoms with Gasteiger partial charge >= 0.3 is 0 Å². The number of aromatic nitrogens is 2. The maximum absolute atomic E-state index is 13.5. The number of hydrogen-bond donors (Lipinski definition) is 2. The van der Waals surface area contributed by atoms with Crippen molar-refractivity contribution in [3.05, 3.63) is 81.3 Å². The SMILES string of the molecule is Cc1nc2sc3c(c2c(=O)n1-c1ccc(C(=O)N/N=C\c2cc(I)c(O)c(I)c2)cc1)CCCC3. The summed E-state index contributed by atoms with van der Waals surface area (Å²) in [5.41, 5.74) is 5.49. The van der Waals surface area contributed by atoms with Crippen LogP contribution in [0.2, 0.25) is 0 Å². The number of thiophene rings is 1. The number of aromatic hydroxyl groups is 1. The number of carbonyl (C=O) groups is 1. The third-order valence-electron chi connectivity index (χ3n) is 5.96. The summed E-state index contributed by atoms with van der Waals surface area (Å²) < 4.78 is 3.04. The van der Waals surface area contributed by atoms with E-state index in [0.717, 1.165) is 47.0 Å². The fourth-order valence-corrected chi connectivity index (χ4v) is 7.38. The molecule has 0 unspecified atom stereocenters. The number of nitrogens with zero attached hydrogens (tertiary/aromatic N) is 3. The zero-order valence-corrected chi connectivity index (χ0v) is 23.8. The molecule has 1 amide bonds. The monoisotopic (exact) mass is 710 g/mol. The molecule has 0 bridgehead atoms. The highest BCUT2D eigenvalue weighted by Crippen LogP contribution is 2.34. The van der Waals surface area contributed by atoms with Crippen molar-refractivity contribution in [1.29, 1.82) is 0 Å². The molecule has 7 nitrogen and oxygen atoms in total. The summed E-state index contributed by atoms with van der Waals surface area (Å²) in [4.78, 5) is 32.9. The summed E-state index contributed by atoms with van der Waals surface area (Å²) >= 11 is 5.73. The van der Waals surface area contributed by atoms with Gasteiger partial charge in [0.25, 0.3) is 11.5 Å². The predicted octanol–water partition coefficient (Wildman–Crippen LogP) is 5.31. The number of hydrogen-bond acceptors (Lipinski definition) is 6. The highest BCUT2D eigenvalue weighted by atomic mass is 127. The Morgan fingerprint density at radius 3 is 2.57 bits per heavy atom. The molecule has 0 saturated carbocycles. The van der Waals surface area contributed by atoms with Gasteiger partial charge in [-0.15, -0.1) is 11.3 Å². The molecule has 2 aromatic heterocycles. The number of halogens is 2. The number of rotatable bonds is 4. The van der Waals surface area contributed by atoms with Crippen LogP contribution in [0.3, 0.4) is 0 Å². The standard InChI is InChI=1S/C25H20I2N4O3S/c1-13-29-24-21(17-4-2-3-5-20(17)35-24)25(34)31(13)16-8-6-15(7-9-16)23(33)30-28-12-14-10-18(26)22(32)19(27)11-14/h6-12,32H,2-5H2,1H3,(H,30,33)/b28-12-. The van der Waals surface area contributed by atoms with Crippen molar-refractivity contribution in [2.24, 2.45) is 5.10 Å². The van der Waals surface area contributed by atoms with Gasteiger partial charge in [0.1, 0.15) is 16.4 Å². The van der Waals surface area contributed by atoms with Gasteiger partial charge in [0, 0.05) is 10.4 Å². The first-order valence-corrected chi connectivity index (χ1v) is 14.0. The molecule has 4 aromatic rings. The van der Waals surface area contributed by atoms with Crippen LogP contribution in [0, 0.1) is 14.1 Å². The number of benzene rings is 2. The highest BCUT2D eigenvalue weighted by molar-refractivity contribution is 14.1. The summed E-state index contributed by atoms with van der Waals surface area (Å²) in [5, 5.41) is 14.6. The molecule has 1 aliphatic rings. The lowest BCUT2D eigenvalue weighted by molar-refractivity contribution is 0.0955. The second-order valence-corrected chi connectivity index (χ2v) is 11.7. The first-order valence-electron chi connectivity index (χ1n) is 11.0. The number of aryl methyl sites for hydroxylation is 3. The van der Waals surface area contributed by atoms with Crippen molar-refractivity contribution in [2.75, 3.05) is 0 Å². The largest absolute Gasteiger partial charge is 0.506 e. The van der Waals surface area contributed by atoms with Crippen molar-refractivity contribution < 1.29 is 9.90 Å². The van der Waals surface area contributed by atoms with E-state index in [0.29, 0.717) is 24.2 Å². The average molecular weight is 710 g/mol. The van der Waals surface area contributed by atoms with E-state index in [2.05, 4.69) is 10.5 Å². The van der Waals surface area contributed by atoms with Crippen molar-refractivity contribution in [3.63, 3.8) is 0 Å². The Kier molecular flexibility index (Phi) is 6.95. The topological polar surface area (TPSA) is 96.6 Å². The zero-order chi connectivity index (χ0) is 24.7. The van der Waals surface area contributed by atoms with Crippen LogP contribution in [0.1, 0.15) is 45.0 Å². The molecule has 0 atom stereocenters. The Bertz CT molecular complexity index is 1530. The van der Waals surface area contributed by atoms with Gasteiger partial charge in [0.2, 0.25) is 0 Å². The van der Waals surface area contributed by atoms with Gasteiger partial charge < -0.3 is 5.11 Å². The Morgan fingerprint density at radius 1 is 1.17 bits per heavy atom. The quantitative estimate of drug-likeness (QED) is 0.171.